The lowest BCUT2D eigenvalue weighted by molar-refractivity contribution is 0.780. The maximum atomic E-state index is 13.6. The van der Waals surface area contributed by atoms with Crippen molar-refractivity contribution < 1.29 is 0 Å². The van der Waals surface area contributed by atoms with Gasteiger partial charge in [0.15, 0.2) is 0 Å². The van der Waals surface area contributed by atoms with Gasteiger partial charge in [0.05, 0.1) is 28.3 Å². The number of halogens is 1. The molecule has 0 bridgehead atoms. The van der Waals surface area contributed by atoms with E-state index in [1.54, 1.807) is 23.0 Å². The number of H-pyrrole nitrogens is 1. The number of aryl methyl sites for hydroxylation is 1. The summed E-state index contributed by atoms with van der Waals surface area (Å²) >= 11 is 6.75. The van der Waals surface area contributed by atoms with Crippen molar-refractivity contribution in [2.24, 2.45) is 7.05 Å². The molecule has 7 aromatic rings. The maximum absolute atomic E-state index is 13.6. The molecule has 0 fully saturated rings. The highest BCUT2D eigenvalue weighted by atomic mass is 35.5. The molecule has 0 saturated carbocycles. The van der Waals surface area contributed by atoms with Crippen LogP contribution in [0.4, 0.5) is 0 Å². The fourth-order valence-corrected chi connectivity index (χ4v) is 5.53. The van der Waals surface area contributed by atoms with Gasteiger partial charge >= 0.3 is 5.69 Å². The van der Waals surface area contributed by atoms with Gasteiger partial charge in [-0.3, -0.25) is 14.5 Å². The molecule has 1 N–H and O–H groups in total. The number of hydrogen-bond donors (Lipinski definition) is 1. The molecule has 39 heavy (non-hydrogen) atoms. The number of aromatic nitrogens is 5. The van der Waals surface area contributed by atoms with Gasteiger partial charge in [-0.2, -0.15) is 5.10 Å². The van der Waals surface area contributed by atoms with Gasteiger partial charge in [0.2, 0.25) is 0 Å². The van der Waals surface area contributed by atoms with E-state index in [4.69, 9.17) is 11.6 Å². The topological polar surface area (TPSA) is 85.6 Å². The van der Waals surface area contributed by atoms with E-state index >= 15 is 0 Å². The highest BCUT2D eigenvalue weighted by molar-refractivity contribution is 6.34. The van der Waals surface area contributed by atoms with Gasteiger partial charge in [-0.15, -0.1) is 0 Å². The third-order valence-electron chi connectivity index (χ3n) is 7.02. The summed E-state index contributed by atoms with van der Waals surface area (Å²) in [6.07, 6.45) is 5.22. The summed E-state index contributed by atoms with van der Waals surface area (Å²) < 4.78 is 2.93. The number of pyridine rings is 1. The van der Waals surface area contributed by atoms with E-state index in [9.17, 15) is 9.59 Å². The largest absolute Gasteiger partial charge is 0.333 e. The van der Waals surface area contributed by atoms with Crippen molar-refractivity contribution in [2.75, 3.05) is 0 Å². The number of nitrogens with zero attached hydrogens (tertiary/aromatic N) is 4. The smallest absolute Gasteiger partial charge is 0.306 e. The second kappa shape index (κ2) is 8.79. The van der Waals surface area contributed by atoms with E-state index in [1.807, 2.05) is 73.9 Å². The summed E-state index contributed by atoms with van der Waals surface area (Å²) in [5.74, 6) is 0. The molecule has 8 heteroatoms. The molecule has 7 nitrogen and oxygen atoms in total. The molecule has 0 atom stereocenters. The zero-order chi connectivity index (χ0) is 26.7. The molecule has 0 spiro atoms. The highest BCUT2D eigenvalue weighted by Gasteiger charge is 2.16. The first kappa shape index (κ1) is 23.1. The highest BCUT2D eigenvalue weighted by Crippen LogP contribution is 2.39. The summed E-state index contributed by atoms with van der Waals surface area (Å²) in [7, 11) is 1.89. The van der Waals surface area contributed by atoms with Crippen molar-refractivity contribution in [3.63, 3.8) is 0 Å². The Hall–Kier alpha value is -5.01. The number of hydrogen-bond acceptors (Lipinski definition) is 4. The second-order valence-corrected chi connectivity index (χ2v) is 9.86. The number of fused-ring (bicyclic) bond motifs is 3. The van der Waals surface area contributed by atoms with E-state index in [0.717, 1.165) is 48.5 Å². The molecule has 0 amide bonds. The van der Waals surface area contributed by atoms with Crippen LogP contribution < -0.4 is 11.2 Å². The first-order valence-corrected chi connectivity index (χ1v) is 12.7. The van der Waals surface area contributed by atoms with Crippen LogP contribution in [0.5, 0.6) is 0 Å². The van der Waals surface area contributed by atoms with Crippen LogP contribution in [0.3, 0.4) is 0 Å². The molecule has 0 radical (unpaired) electrons. The number of benzene rings is 4. The minimum Gasteiger partial charge on any atom is -0.306 e. The molecule has 0 aliphatic carbocycles. The van der Waals surface area contributed by atoms with Gasteiger partial charge in [0.25, 0.3) is 5.56 Å². The van der Waals surface area contributed by atoms with Crippen LogP contribution in [0.1, 0.15) is 0 Å². The second-order valence-electron chi connectivity index (χ2n) is 9.45. The summed E-state index contributed by atoms with van der Waals surface area (Å²) in [5, 5.41) is 8.04. The van der Waals surface area contributed by atoms with E-state index in [1.165, 1.54) is 6.20 Å². The summed E-state index contributed by atoms with van der Waals surface area (Å²) in [5.41, 5.74) is 4.34. The van der Waals surface area contributed by atoms with Gasteiger partial charge < -0.3 is 4.98 Å². The van der Waals surface area contributed by atoms with Crippen LogP contribution in [0.15, 0.2) is 107 Å². The Morgan fingerprint density at radius 1 is 0.821 bits per heavy atom. The Morgan fingerprint density at radius 3 is 2.56 bits per heavy atom. The van der Waals surface area contributed by atoms with Crippen LogP contribution >= 0.6 is 11.6 Å². The van der Waals surface area contributed by atoms with Crippen LogP contribution in [0, 0.1) is 0 Å². The average Bonchev–Trinajstić information content (AvgIpc) is 3.32. The predicted molar refractivity (Wildman–Crippen MR) is 156 cm³/mol. The predicted octanol–water partition coefficient (Wildman–Crippen LogP) is 6.10. The van der Waals surface area contributed by atoms with Crippen LogP contribution in [0.2, 0.25) is 5.02 Å². The number of aromatic amines is 1. The van der Waals surface area contributed by atoms with Gasteiger partial charge in [0.1, 0.15) is 0 Å². The van der Waals surface area contributed by atoms with Gasteiger partial charge in [-0.1, -0.05) is 60.1 Å². The molecule has 3 aromatic heterocycles. The van der Waals surface area contributed by atoms with Crippen molar-refractivity contribution in [1.29, 1.82) is 0 Å². The van der Waals surface area contributed by atoms with E-state index < -0.39 is 11.2 Å². The fraction of sp³-hybridized carbons (Fsp3) is 0.0323. The summed E-state index contributed by atoms with van der Waals surface area (Å²) in [6.45, 7) is 0. The van der Waals surface area contributed by atoms with Crippen molar-refractivity contribution in [3.8, 4) is 27.9 Å². The summed E-state index contributed by atoms with van der Waals surface area (Å²) in [4.78, 5) is 34.0. The molecule has 188 valence electrons. The van der Waals surface area contributed by atoms with Crippen molar-refractivity contribution in [1.82, 2.24) is 24.3 Å². The Labute approximate surface area is 226 Å². The Bertz CT molecular complexity index is 2210. The lowest BCUT2D eigenvalue weighted by atomic mass is 9.93. The molecule has 3 heterocycles. The third-order valence-corrected chi connectivity index (χ3v) is 7.33. The minimum absolute atomic E-state index is 0.386. The molecule has 4 aromatic carbocycles. The molecule has 0 aliphatic rings. The SMILES string of the molecule is Cn1cc2cc(-c3cccc(Cl)c3-c3ccc4c(=O)n(-c5cncc6ccccc56)c(=O)[nH]c4c3)ccc2n1. The minimum atomic E-state index is -0.538. The zero-order valence-electron chi connectivity index (χ0n) is 20.7. The molecular formula is C31H20ClN5O2. The Balaban J connectivity index is 1.41. The molecule has 0 unspecified atom stereocenters. The number of nitrogens with one attached hydrogen (secondary N) is 1. The fourth-order valence-electron chi connectivity index (χ4n) is 5.25. The van der Waals surface area contributed by atoms with Crippen LogP contribution in [-0.2, 0) is 7.05 Å². The monoisotopic (exact) mass is 529 g/mol. The van der Waals surface area contributed by atoms with Crippen molar-refractivity contribution >= 4 is 44.2 Å². The van der Waals surface area contributed by atoms with Gasteiger partial charge in [-0.25, -0.2) is 9.36 Å². The molecule has 0 saturated heterocycles. The van der Waals surface area contributed by atoms with Crippen molar-refractivity contribution in [3.05, 3.63) is 123 Å². The Morgan fingerprint density at radius 2 is 1.67 bits per heavy atom. The van der Waals surface area contributed by atoms with Gasteiger partial charge in [0, 0.05) is 46.2 Å². The van der Waals surface area contributed by atoms with Crippen LogP contribution in [0.25, 0.3) is 60.5 Å². The lowest BCUT2D eigenvalue weighted by Gasteiger charge is -2.14. The maximum Gasteiger partial charge on any atom is 0.333 e. The Kier molecular flexibility index (Phi) is 5.21. The van der Waals surface area contributed by atoms with E-state index in [2.05, 4.69) is 21.1 Å². The standard InChI is InChI=1S/C31H20ClN5O2/c1-36-17-21-13-18(10-12-26(21)35-36)23-7-4-8-25(32)29(23)19-9-11-24-27(14-19)34-31(39)37(30(24)38)28-16-33-15-20-5-2-3-6-22(20)28/h2-17H,1H3,(H,34,39). The quantitative estimate of drug-likeness (QED) is 0.299. The van der Waals surface area contributed by atoms with Crippen LogP contribution in [-0.4, -0.2) is 24.3 Å². The van der Waals surface area contributed by atoms with Gasteiger partial charge in [-0.05, 0) is 47.0 Å². The first-order chi connectivity index (χ1) is 19.0. The van der Waals surface area contributed by atoms with Crippen molar-refractivity contribution in [2.45, 2.75) is 0 Å². The molecule has 7 rings (SSSR count). The molecular weight excluding hydrogens is 510 g/mol. The third kappa shape index (κ3) is 3.74. The zero-order valence-corrected chi connectivity index (χ0v) is 21.5. The summed E-state index contributed by atoms with van der Waals surface area (Å²) in [6, 6.07) is 24.8. The first-order valence-electron chi connectivity index (χ1n) is 12.3. The normalized spacial score (nSPS) is 11.5. The molecule has 0 aliphatic heterocycles. The average molecular weight is 530 g/mol. The number of rotatable bonds is 3. The lowest BCUT2D eigenvalue weighted by Crippen LogP contribution is -2.33. The van der Waals surface area contributed by atoms with E-state index in [-0.39, 0.29) is 0 Å². The van der Waals surface area contributed by atoms with E-state index in [0.29, 0.717) is 21.6 Å².